The molecule has 0 radical (unpaired) electrons. The van der Waals surface area contributed by atoms with Crippen molar-refractivity contribution in [3.63, 3.8) is 0 Å². The lowest BCUT2D eigenvalue weighted by Gasteiger charge is -2.30. The summed E-state index contributed by atoms with van der Waals surface area (Å²) >= 11 is 0. The monoisotopic (exact) mass is 273 g/mol. The summed E-state index contributed by atoms with van der Waals surface area (Å²) in [7, 11) is 0. The summed E-state index contributed by atoms with van der Waals surface area (Å²) in [6.07, 6.45) is 9.12. The summed E-state index contributed by atoms with van der Waals surface area (Å²) in [6.45, 7) is 2.48. The topological polar surface area (TPSA) is 35.2 Å². The predicted octanol–water partition coefficient (Wildman–Crippen LogP) is 3.46. The van der Waals surface area contributed by atoms with Crippen molar-refractivity contribution in [1.82, 2.24) is 0 Å². The summed E-state index contributed by atoms with van der Waals surface area (Å²) < 4.78 is 6.00. The first-order valence-electron chi connectivity index (χ1n) is 8.25. The molecule has 2 heteroatoms. The SMILES string of the molecule is NCC1CCCCC1COCc1ccc2c(c1)CCC2. The van der Waals surface area contributed by atoms with Crippen LogP contribution in [0.25, 0.3) is 0 Å². The molecule has 2 unspecified atom stereocenters. The molecule has 3 rings (SSSR count). The van der Waals surface area contributed by atoms with Gasteiger partial charge in [0.2, 0.25) is 0 Å². The van der Waals surface area contributed by atoms with Gasteiger partial charge in [0, 0.05) is 0 Å². The maximum absolute atomic E-state index is 6.00. The first-order valence-corrected chi connectivity index (χ1v) is 8.25. The zero-order chi connectivity index (χ0) is 13.8. The van der Waals surface area contributed by atoms with E-state index < -0.39 is 0 Å². The molecule has 0 saturated heterocycles. The van der Waals surface area contributed by atoms with E-state index in [1.54, 1.807) is 11.1 Å². The van der Waals surface area contributed by atoms with Gasteiger partial charge in [0.25, 0.3) is 0 Å². The van der Waals surface area contributed by atoms with Crippen molar-refractivity contribution in [3.8, 4) is 0 Å². The van der Waals surface area contributed by atoms with Gasteiger partial charge >= 0.3 is 0 Å². The molecule has 1 aromatic rings. The largest absolute Gasteiger partial charge is 0.376 e. The molecule has 2 N–H and O–H groups in total. The van der Waals surface area contributed by atoms with Crippen LogP contribution in [0.15, 0.2) is 18.2 Å². The van der Waals surface area contributed by atoms with Gasteiger partial charge in [-0.1, -0.05) is 31.0 Å². The Morgan fingerprint density at radius 1 is 1.00 bits per heavy atom. The van der Waals surface area contributed by atoms with Crippen LogP contribution in [0.1, 0.15) is 48.8 Å². The summed E-state index contributed by atoms with van der Waals surface area (Å²) in [5.74, 6) is 1.37. The predicted molar refractivity (Wildman–Crippen MR) is 82.6 cm³/mol. The highest BCUT2D eigenvalue weighted by molar-refractivity contribution is 5.34. The van der Waals surface area contributed by atoms with Crippen molar-refractivity contribution >= 4 is 0 Å². The number of fused-ring (bicyclic) bond motifs is 1. The van der Waals surface area contributed by atoms with Crippen LogP contribution in [0, 0.1) is 11.8 Å². The Hall–Kier alpha value is -0.860. The normalized spacial score (nSPS) is 25.6. The molecule has 2 nitrogen and oxygen atoms in total. The van der Waals surface area contributed by atoms with Crippen LogP contribution in [0.5, 0.6) is 0 Å². The molecule has 1 saturated carbocycles. The molecular weight excluding hydrogens is 246 g/mol. The first-order chi connectivity index (χ1) is 9.86. The van der Waals surface area contributed by atoms with E-state index in [0.29, 0.717) is 11.8 Å². The van der Waals surface area contributed by atoms with Gasteiger partial charge in [-0.2, -0.15) is 0 Å². The summed E-state index contributed by atoms with van der Waals surface area (Å²) in [6, 6.07) is 6.89. The van der Waals surface area contributed by atoms with Crippen LogP contribution in [-0.4, -0.2) is 13.2 Å². The fraction of sp³-hybridized carbons (Fsp3) is 0.667. The van der Waals surface area contributed by atoms with Gasteiger partial charge in [0.05, 0.1) is 13.2 Å². The van der Waals surface area contributed by atoms with Crippen LogP contribution in [0.2, 0.25) is 0 Å². The Balaban J connectivity index is 1.49. The minimum atomic E-state index is 0.683. The lowest BCUT2D eigenvalue weighted by atomic mass is 9.80. The van der Waals surface area contributed by atoms with E-state index in [4.69, 9.17) is 10.5 Å². The molecule has 2 aliphatic carbocycles. The Morgan fingerprint density at radius 3 is 2.65 bits per heavy atom. The minimum Gasteiger partial charge on any atom is -0.376 e. The van der Waals surface area contributed by atoms with E-state index in [9.17, 15) is 0 Å². The number of rotatable bonds is 5. The van der Waals surface area contributed by atoms with Crippen molar-refractivity contribution in [1.29, 1.82) is 0 Å². The number of nitrogens with two attached hydrogens (primary N) is 1. The average molecular weight is 273 g/mol. The maximum atomic E-state index is 6.00. The molecule has 0 heterocycles. The van der Waals surface area contributed by atoms with Crippen molar-refractivity contribution in [2.45, 2.75) is 51.6 Å². The Labute approximate surface area is 122 Å². The fourth-order valence-corrected chi connectivity index (χ4v) is 3.86. The van der Waals surface area contributed by atoms with E-state index in [-0.39, 0.29) is 0 Å². The molecule has 0 bridgehead atoms. The molecule has 20 heavy (non-hydrogen) atoms. The van der Waals surface area contributed by atoms with Crippen molar-refractivity contribution < 1.29 is 4.74 Å². The third-order valence-electron chi connectivity index (χ3n) is 5.13. The van der Waals surface area contributed by atoms with E-state index in [1.807, 2.05) is 0 Å². The average Bonchev–Trinajstić information content (AvgIpc) is 2.95. The van der Waals surface area contributed by atoms with Crippen molar-refractivity contribution in [2.24, 2.45) is 17.6 Å². The Morgan fingerprint density at radius 2 is 1.80 bits per heavy atom. The summed E-state index contributed by atoms with van der Waals surface area (Å²) in [5, 5.41) is 0. The second-order valence-electron chi connectivity index (χ2n) is 6.51. The molecule has 0 amide bonds. The van der Waals surface area contributed by atoms with E-state index in [1.165, 1.54) is 50.5 Å². The van der Waals surface area contributed by atoms with Gasteiger partial charge in [0.1, 0.15) is 0 Å². The minimum absolute atomic E-state index is 0.683. The third-order valence-corrected chi connectivity index (χ3v) is 5.13. The zero-order valence-electron chi connectivity index (χ0n) is 12.4. The van der Waals surface area contributed by atoms with Crippen LogP contribution in [-0.2, 0) is 24.2 Å². The van der Waals surface area contributed by atoms with Gasteiger partial charge in [-0.25, -0.2) is 0 Å². The second kappa shape index (κ2) is 6.73. The second-order valence-corrected chi connectivity index (χ2v) is 6.51. The number of hydrogen-bond donors (Lipinski definition) is 1. The molecule has 1 fully saturated rings. The summed E-state index contributed by atoms with van der Waals surface area (Å²) in [5.41, 5.74) is 10.3. The quantitative estimate of drug-likeness (QED) is 0.891. The number of hydrogen-bond acceptors (Lipinski definition) is 2. The van der Waals surface area contributed by atoms with Crippen LogP contribution >= 0.6 is 0 Å². The highest BCUT2D eigenvalue weighted by atomic mass is 16.5. The van der Waals surface area contributed by atoms with Gasteiger partial charge < -0.3 is 10.5 Å². The van der Waals surface area contributed by atoms with Gasteiger partial charge in [-0.3, -0.25) is 0 Å². The van der Waals surface area contributed by atoms with E-state index >= 15 is 0 Å². The smallest absolute Gasteiger partial charge is 0.0717 e. The Bertz CT molecular complexity index is 443. The molecule has 0 aliphatic heterocycles. The van der Waals surface area contributed by atoms with Crippen molar-refractivity contribution in [3.05, 3.63) is 34.9 Å². The summed E-state index contributed by atoms with van der Waals surface area (Å²) in [4.78, 5) is 0. The zero-order valence-corrected chi connectivity index (χ0v) is 12.4. The molecule has 2 atom stereocenters. The first kappa shape index (κ1) is 14.1. The highest BCUT2D eigenvalue weighted by Gasteiger charge is 2.23. The number of benzene rings is 1. The Kier molecular flexibility index (Phi) is 4.74. The van der Waals surface area contributed by atoms with Crippen LogP contribution in [0.4, 0.5) is 0 Å². The van der Waals surface area contributed by atoms with Gasteiger partial charge in [-0.05, 0) is 67.2 Å². The molecule has 1 aromatic carbocycles. The molecular formula is C18H27NO. The lowest BCUT2D eigenvalue weighted by molar-refractivity contribution is 0.0512. The molecule has 0 aromatic heterocycles. The lowest BCUT2D eigenvalue weighted by Crippen LogP contribution is -2.29. The van der Waals surface area contributed by atoms with E-state index in [0.717, 1.165) is 19.8 Å². The third kappa shape index (κ3) is 3.24. The molecule has 0 spiro atoms. The molecule has 110 valence electrons. The standard InChI is InChI=1S/C18H27NO/c19-11-17-4-1-2-5-18(17)13-20-12-14-8-9-15-6-3-7-16(15)10-14/h8-10,17-18H,1-7,11-13,19H2. The number of aryl methyl sites for hydroxylation is 2. The van der Waals surface area contributed by atoms with Gasteiger partial charge in [-0.15, -0.1) is 0 Å². The van der Waals surface area contributed by atoms with E-state index in [2.05, 4.69) is 18.2 Å². The van der Waals surface area contributed by atoms with Crippen molar-refractivity contribution in [2.75, 3.05) is 13.2 Å². The van der Waals surface area contributed by atoms with Crippen LogP contribution < -0.4 is 5.73 Å². The molecule has 2 aliphatic rings. The van der Waals surface area contributed by atoms with Gasteiger partial charge in [0.15, 0.2) is 0 Å². The highest BCUT2D eigenvalue weighted by Crippen LogP contribution is 2.30. The van der Waals surface area contributed by atoms with Crippen LogP contribution in [0.3, 0.4) is 0 Å². The fourth-order valence-electron chi connectivity index (χ4n) is 3.86. The maximum Gasteiger partial charge on any atom is 0.0717 e. The number of ether oxygens (including phenoxy) is 1.